The molecule has 0 bridgehead atoms. The minimum absolute atomic E-state index is 0.0799. The van der Waals surface area contributed by atoms with E-state index in [4.69, 9.17) is 4.74 Å². The zero-order chi connectivity index (χ0) is 15.9. The van der Waals surface area contributed by atoms with Crippen molar-refractivity contribution in [2.24, 2.45) is 0 Å². The second kappa shape index (κ2) is 7.84. The van der Waals surface area contributed by atoms with Gasteiger partial charge in [-0.25, -0.2) is 4.79 Å². The van der Waals surface area contributed by atoms with Crippen molar-refractivity contribution < 1.29 is 14.6 Å². The van der Waals surface area contributed by atoms with Crippen LogP contribution in [-0.2, 0) is 0 Å². The molecule has 1 aromatic rings. The maximum absolute atomic E-state index is 11.8. The summed E-state index contributed by atoms with van der Waals surface area (Å²) in [5.74, 6) is 0.716. The van der Waals surface area contributed by atoms with Crippen molar-refractivity contribution >= 4 is 6.03 Å². The third-order valence-corrected chi connectivity index (χ3v) is 3.41. The lowest BCUT2D eigenvalue weighted by atomic mass is 10.1. The van der Waals surface area contributed by atoms with Crippen molar-refractivity contribution in [3.63, 3.8) is 0 Å². The first-order valence-electron chi connectivity index (χ1n) is 7.68. The number of urea groups is 1. The molecule has 0 radical (unpaired) electrons. The molecule has 1 aliphatic carbocycles. The van der Waals surface area contributed by atoms with Gasteiger partial charge >= 0.3 is 6.03 Å². The first-order valence-corrected chi connectivity index (χ1v) is 7.68. The largest absolute Gasteiger partial charge is 0.491 e. The molecule has 0 aromatic heterocycles. The Hall–Kier alpha value is -2.01. The minimum atomic E-state index is -0.761. The topological polar surface area (TPSA) is 70.6 Å². The standard InChI is InChI=1S/C17H24N2O3/c1-12(2)22-15-9-5-6-13(10-15)16(20)11-18-17(21)19-14-7-3-4-8-14/h3-6,9-10,12,14,16,20H,7-8,11H2,1-2H3,(H2,18,19,21). The number of ether oxygens (including phenoxy) is 1. The van der Waals surface area contributed by atoms with E-state index in [0.717, 1.165) is 18.4 Å². The van der Waals surface area contributed by atoms with Crippen LogP contribution in [0.15, 0.2) is 36.4 Å². The summed E-state index contributed by atoms with van der Waals surface area (Å²) in [6.07, 6.45) is 5.16. The smallest absolute Gasteiger partial charge is 0.315 e. The van der Waals surface area contributed by atoms with E-state index in [9.17, 15) is 9.90 Å². The quantitative estimate of drug-likeness (QED) is 0.707. The predicted molar refractivity (Wildman–Crippen MR) is 85.9 cm³/mol. The van der Waals surface area contributed by atoms with Crippen LogP contribution < -0.4 is 15.4 Å². The van der Waals surface area contributed by atoms with Gasteiger partial charge in [-0.05, 0) is 44.4 Å². The summed E-state index contributed by atoms with van der Waals surface area (Å²) in [7, 11) is 0. The van der Waals surface area contributed by atoms with Crippen LogP contribution in [0, 0.1) is 0 Å². The van der Waals surface area contributed by atoms with Crippen LogP contribution in [0.2, 0.25) is 0 Å². The summed E-state index contributed by atoms with van der Waals surface area (Å²) in [5, 5.41) is 15.8. The van der Waals surface area contributed by atoms with E-state index >= 15 is 0 Å². The highest BCUT2D eigenvalue weighted by atomic mass is 16.5. The van der Waals surface area contributed by atoms with E-state index in [2.05, 4.69) is 22.8 Å². The van der Waals surface area contributed by atoms with E-state index in [1.165, 1.54) is 0 Å². The Bertz CT molecular complexity index is 520. The summed E-state index contributed by atoms with van der Waals surface area (Å²) in [6, 6.07) is 7.22. The fourth-order valence-electron chi connectivity index (χ4n) is 2.35. The van der Waals surface area contributed by atoms with Gasteiger partial charge < -0.3 is 20.5 Å². The lowest BCUT2D eigenvalue weighted by Gasteiger charge is -2.17. The number of carbonyl (C=O) groups excluding carboxylic acids is 1. The molecule has 5 nitrogen and oxygen atoms in total. The number of amides is 2. The van der Waals surface area contributed by atoms with Crippen LogP contribution in [-0.4, -0.2) is 29.8 Å². The van der Waals surface area contributed by atoms with Gasteiger partial charge in [0.15, 0.2) is 0 Å². The minimum Gasteiger partial charge on any atom is -0.491 e. The molecule has 0 fully saturated rings. The number of hydrogen-bond donors (Lipinski definition) is 3. The van der Waals surface area contributed by atoms with Gasteiger partial charge in [-0.1, -0.05) is 24.3 Å². The Morgan fingerprint density at radius 3 is 2.77 bits per heavy atom. The fraction of sp³-hybridized carbons (Fsp3) is 0.471. The lowest BCUT2D eigenvalue weighted by Crippen LogP contribution is -2.42. The van der Waals surface area contributed by atoms with Crippen molar-refractivity contribution in [3.05, 3.63) is 42.0 Å². The van der Waals surface area contributed by atoms with Gasteiger partial charge in [0.1, 0.15) is 5.75 Å². The van der Waals surface area contributed by atoms with Crippen LogP contribution in [0.5, 0.6) is 5.75 Å². The van der Waals surface area contributed by atoms with Gasteiger partial charge in [-0.2, -0.15) is 0 Å². The SMILES string of the molecule is CC(C)Oc1cccc(C(O)CNC(=O)NC2CC=CC2)c1. The third-order valence-electron chi connectivity index (χ3n) is 3.41. The maximum Gasteiger partial charge on any atom is 0.315 e. The van der Waals surface area contributed by atoms with Gasteiger partial charge in [0.25, 0.3) is 0 Å². The van der Waals surface area contributed by atoms with Crippen molar-refractivity contribution in [3.8, 4) is 5.75 Å². The molecule has 1 aromatic carbocycles. The van der Waals surface area contributed by atoms with Crippen molar-refractivity contribution in [2.75, 3.05) is 6.54 Å². The molecule has 0 spiro atoms. The highest BCUT2D eigenvalue weighted by molar-refractivity contribution is 5.74. The molecule has 1 unspecified atom stereocenters. The summed E-state index contributed by atoms with van der Waals surface area (Å²) >= 11 is 0. The average molecular weight is 304 g/mol. The predicted octanol–water partition coefficient (Wildman–Crippen LogP) is 2.53. The molecule has 22 heavy (non-hydrogen) atoms. The molecule has 120 valence electrons. The monoisotopic (exact) mass is 304 g/mol. The van der Waals surface area contributed by atoms with E-state index in [1.54, 1.807) is 6.07 Å². The third kappa shape index (κ3) is 5.07. The van der Waals surface area contributed by atoms with Crippen molar-refractivity contribution in [1.29, 1.82) is 0 Å². The van der Waals surface area contributed by atoms with Crippen LogP contribution in [0.3, 0.4) is 0 Å². The fourth-order valence-corrected chi connectivity index (χ4v) is 2.35. The summed E-state index contributed by atoms with van der Waals surface area (Å²) < 4.78 is 5.60. The normalized spacial score (nSPS) is 15.8. The van der Waals surface area contributed by atoms with E-state index in [-0.39, 0.29) is 24.7 Å². The second-order valence-electron chi connectivity index (χ2n) is 5.75. The Labute approximate surface area is 131 Å². The molecule has 2 rings (SSSR count). The molecule has 0 heterocycles. The zero-order valence-corrected chi connectivity index (χ0v) is 13.1. The van der Waals surface area contributed by atoms with Crippen LogP contribution in [0.25, 0.3) is 0 Å². The molecule has 0 saturated carbocycles. The van der Waals surface area contributed by atoms with Crippen LogP contribution in [0.1, 0.15) is 38.4 Å². The van der Waals surface area contributed by atoms with Gasteiger partial charge in [0, 0.05) is 12.6 Å². The molecule has 0 saturated heterocycles. The summed E-state index contributed by atoms with van der Waals surface area (Å²) in [5.41, 5.74) is 0.723. The van der Waals surface area contributed by atoms with Gasteiger partial charge in [-0.15, -0.1) is 0 Å². The number of aliphatic hydroxyl groups is 1. The van der Waals surface area contributed by atoms with E-state index in [1.807, 2.05) is 32.0 Å². The number of benzene rings is 1. The first-order chi connectivity index (χ1) is 10.5. The van der Waals surface area contributed by atoms with Crippen LogP contribution >= 0.6 is 0 Å². The lowest BCUT2D eigenvalue weighted by molar-refractivity contribution is 0.171. The Balaban J connectivity index is 1.81. The highest BCUT2D eigenvalue weighted by Crippen LogP contribution is 2.20. The number of hydrogen-bond acceptors (Lipinski definition) is 3. The number of aliphatic hydroxyl groups excluding tert-OH is 1. The van der Waals surface area contributed by atoms with Crippen LogP contribution in [0.4, 0.5) is 4.79 Å². The average Bonchev–Trinajstić information content (AvgIpc) is 2.97. The second-order valence-corrected chi connectivity index (χ2v) is 5.75. The molecule has 1 atom stereocenters. The summed E-state index contributed by atoms with van der Waals surface area (Å²) in [6.45, 7) is 4.07. The van der Waals surface area contributed by atoms with Gasteiger partial charge in [0.05, 0.1) is 12.2 Å². The molecule has 5 heteroatoms. The van der Waals surface area contributed by atoms with E-state index in [0.29, 0.717) is 5.75 Å². The number of carbonyl (C=O) groups is 1. The molecule has 1 aliphatic rings. The number of nitrogens with one attached hydrogen (secondary N) is 2. The van der Waals surface area contributed by atoms with E-state index < -0.39 is 6.10 Å². The maximum atomic E-state index is 11.8. The Kier molecular flexibility index (Phi) is 5.83. The van der Waals surface area contributed by atoms with Gasteiger partial charge in [0.2, 0.25) is 0 Å². The molecule has 2 amide bonds. The highest BCUT2D eigenvalue weighted by Gasteiger charge is 2.15. The zero-order valence-electron chi connectivity index (χ0n) is 13.1. The first kappa shape index (κ1) is 16.4. The Morgan fingerprint density at radius 1 is 1.36 bits per heavy atom. The number of rotatable bonds is 6. The molecular formula is C17H24N2O3. The Morgan fingerprint density at radius 2 is 2.09 bits per heavy atom. The van der Waals surface area contributed by atoms with Crippen molar-refractivity contribution in [2.45, 2.75) is 44.9 Å². The van der Waals surface area contributed by atoms with Crippen molar-refractivity contribution in [1.82, 2.24) is 10.6 Å². The molecule has 3 N–H and O–H groups in total. The van der Waals surface area contributed by atoms with Gasteiger partial charge in [-0.3, -0.25) is 0 Å². The summed E-state index contributed by atoms with van der Waals surface area (Å²) in [4.78, 5) is 11.8. The molecule has 0 aliphatic heterocycles. The molecular weight excluding hydrogens is 280 g/mol.